The van der Waals surface area contributed by atoms with Gasteiger partial charge in [-0.2, -0.15) is 0 Å². The van der Waals surface area contributed by atoms with Gasteiger partial charge in [-0.15, -0.1) is 0 Å². The van der Waals surface area contributed by atoms with E-state index in [0.29, 0.717) is 0 Å². The fraction of sp³-hybridized carbons (Fsp3) is 0. The summed E-state index contributed by atoms with van der Waals surface area (Å²) in [5, 5.41) is 9.17. The lowest BCUT2D eigenvalue weighted by molar-refractivity contribution is 0.668. The fourth-order valence-corrected chi connectivity index (χ4v) is 9.77. The summed E-state index contributed by atoms with van der Waals surface area (Å²) in [5.74, 6) is 0. The van der Waals surface area contributed by atoms with E-state index >= 15 is 0 Å². The number of rotatable bonds is 8. The quantitative estimate of drug-likeness (QED) is 0.153. The van der Waals surface area contributed by atoms with Gasteiger partial charge in [0.1, 0.15) is 22.3 Å². The second-order valence-electron chi connectivity index (χ2n) is 16.9. The molecule has 0 saturated carbocycles. The third kappa shape index (κ3) is 6.46. The summed E-state index contributed by atoms with van der Waals surface area (Å²) in [5.41, 5.74) is 14.4. The number of benzene rings is 11. The molecule has 0 fully saturated rings. The molecule has 0 aliphatic heterocycles. The van der Waals surface area contributed by atoms with Gasteiger partial charge in [-0.05, 0) is 135 Å². The van der Waals surface area contributed by atoms with Crippen LogP contribution in [0, 0.1) is 0 Å². The number of hydrogen-bond acceptors (Lipinski definition) is 4. The van der Waals surface area contributed by atoms with Crippen molar-refractivity contribution in [1.82, 2.24) is 0 Å². The van der Waals surface area contributed by atoms with Crippen molar-refractivity contribution in [2.75, 3.05) is 9.80 Å². The van der Waals surface area contributed by atoms with E-state index in [4.69, 9.17) is 8.83 Å². The van der Waals surface area contributed by atoms with Gasteiger partial charge in [0.25, 0.3) is 0 Å². The van der Waals surface area contributed by atoms with Crippen LogP contribution in [-0.2, 0) is 0 Å². The van der Waals surface area contributed by atoms with E-state index in [1.54, 1.807) is 0 Å². The summed E-state index contributed by atoms with van der Waals surface area (Å²) >= 11 is 0. The highest BCUT2D eigenvalue weighted by Gasteiger charge is 2.21. The van der Waals surface area contributed by atoms with Crippen molar-refractivity contribution in [1.29, 1.82) is 0 Å². The van der Waals surface area contributed by atoms with Gasteiger partial charge < -0.3 is 18.6 Å². The minimum absolute atomic E-state index is 0.871. The topological polar surface area (TPSA) is 32.8 Å². The van der Waals surface area contributed by atoms with Crippen LogP contribution in [0.15, 0.2) is 251 Å². The molecule has 13 rings (SSSR count). The predicted octanol–water partition coefficient (Wildman–Crippen LogP) is 18.1. The Kier molecular flexibility index (Phi) is 8.81. The maximum absolute atomic E-state index is 6.31. The van der Waals surface area contributed by atoms with Gasteiger partial charge in [0.05, 0.1) is 5.69 Å². The molecule has 0 bridgehead atoms. The summed E-state index contributed by atoms with van der Waals surface area (Å²) in [6.45, 7) is 0. The summed E-state index contributed by atoms with van der Waals surface area (Å²) in [7, 11) is 0. The summed E-state index contributed by atoms with van der Waals surface area (Å²) in [6, 6.07) is 86.8. The summed E-state index contributed by atoms with van der Waals surface area (Å²) in [4.78, 5) is 4.74. The Hall–Kier alpha value is -8.86. The Balaban J connectivity index is 0.952. The first-order valence-corrected chi connectivity index (χ1v) is 22.4. The predicted molar refractivity (Wildman–Crippen MR) is 276 cm³/mol. The van der Waals surface area contributed by atoms with Crippen molar-refractivity contribution in [3.63, 3.8) is 0 Å². The van der Waals surface area contributed by atoms with Crippen LogP contribution in [0.25, 0.3) is 87.7 Å². The Morgan fingerprint density at radius 1 is 0.242 bits per heavy atom. The molecule has 2 aromatic heterocycles. The van der Waals surface area contributed by atoms with E-state index in [0.717, 1.165) is 100 Å². The van der Waals surface area contributed by atoms with Crippen LogP contribution in [0.4, 0.5) is 34.1 Å². The molecular formula is C62H40N2O2. The molecule has 0 N–H and O–H groups in total. The summed E-state index contributed by atoms with van der Waals surface area (Å²) in [6.07, 6.45) is 0. The van der Waals surface area contributed by atoms with Crippen LogP contribution in [0.5, 0.6) is 0 Å². The van der Waals surface area contributed by atoms with Gasteiger partial charge in [0.15, 0.2) is 0 Å². The van der Waals surface area contributed by atoms with Gasteiger partial charge in [-0.25, -0.2) is 0 Å². The second kappa shape index (κ2) is 15.4. The molecule has 2 heterocycles. The third-order valence-corrected chi connectivity index (χ3v) is 13.0. The van der Waals surface area contributed by atoms with E-state index in [1.807, 2.05) is 24.3 Å². The molecule has 0 amide bonds. The zero-order chi connectivity index (χ0) is 43.6. The van der Waals surface area contributed by atoms with Crippen molar-refractivity contribution < 1.29 is 8.83 Å². The van der Waals surface area contributed by atoms with Crippen LogP contribution < -0.4 is 9.80 Å². The molecule has 11 aromatic carbocycles. The maximum Gasteiger partial charge on any atom is 0.135 e. The van der Waals surface area contributed by atoms with E-state index in [2.05, 4.69) is 228 Å². The molecule has 0 radical (unpaired) electrons. The van der Waals surface area contributed by atoms with Gasteiger partial charge in [-0.3, -0.25) is 0 Å². The number of furan rings is 2. The van der Waals surface area contributed by atoms with Crippen LogP contribution in [0.1, 0.15) is 0 Å². The number of fused-ring (bicyclic) bond motifs is 8. The number of anilines is 6. The van der Waals surface area contributed by atoms with Crippen LogP contribution in [0.3, 0.4) is 0 Å². The lowest BCUT2D eigenvalue weighted by atomic mass is 9.95. The molecule has 0 atom stereocenters. The Morgan fingerprint density at radius 3 is 1.29 bits per heavy atom. The van der Waals surface area contributed by atoms with Gasteiger partial charge >= 0.3 is 0 Å². The monoisotopic (exact) mass is 844 g/mol. The SMILES string of the molecule is c1ccc(-c2cc(-c3ccc(N(c4ccc5ccccc5c4)c4ccc5oc6ccccc6c5c4)cc3)ccc2N(c2ccc3ccccc3c2)c2ccc3oc4ccccc4c3c2)cc1. The second-order valence-corrected chi connectivity index (χ2v) is 16.9. The highest BCUT2D eigenvalue weighted by Crippen LogP contribution is 2.46. The first-order valence-electron chi connectivity index (χ1n) is 22.4. The van der Waals surface area contributed by atoms with Crippen molar-refractivity contribution in [2.24, 2.45) is 0 Å². The standard InChI is InChI=1S/C62H40N2O2/c1-2-14-44(15-3-1)55-38-47(26-33-58(55)64(50-30-25-42-13-5-7-17-46(42)37-50)52-32-35-62-57(40-52)54-19-9-11-21-60(54)66-62)43-22-27-48(28-23-43)63(49-29-24-41-12-4-6-16-45(41)36-49)51-31-34-61-56(39-51)53-18-8-10-20-59(53)65-61/h1-40H. The fourth-order valence-electron chi connectivity index (χ4n) is 9.77. The van der Waals surface area contributed by atoms with E-state index < -0.39 is 0 Å². The molecule has 66 heavy (non-hydrogen) atoms. The molecule has 4 nitrogen and oxygen atoms in total. The van der Waals surface area contributed by atoms with Gasteiger partial charge in [0, 0.05) is 55.5 Å². The molecule has 0 aliphatic rings. The van der Waals surface area contributed by atoms with Crippen molar-refractivity contribution >= 4 is 99.5 Å². The smallest absolute Gasteiger partial charge is 0.135 e. The number of nitrogens with zero attached hydrogens (tertiary/aromatic N) is 2. The lowest BCUT2D eigenvalue weighted by Crippen LogP contribution is -2.11. The average Bonchev–Trinajstić information content (AvgIpc) is 3.95. The largest absolute Gasteiger partial charge is 0.456 e. The molecule has 0 spiro atoms. The first-order chi connectivity index (χ1) is 32.7. The highest BCUT2D eigenvalue weighted by molar-refractivity contribution is 6.08. The zero-order valence-electron chi connectivity index (χ0n) is 35.8. The average molecular weight is 845 g/mol. The molecule has 0 unspecified atom stereocenters. The molecule has 13 aromatic rings. The van der Waals surface area contributed by atoms with Crippen molar-refractivity contribution in [3.05, 3.63) is 243 Å². The Labute approximate surface area is 381 Å². The van der Waals surface area contributed by atoms with Crippen molar-refractivity contribution in [2.45, 2.75) is 0 Å². The molecule has 4 heteroatoms. The minimum atomic E-state index is 0.871. The molecular weight excluding hydrogens is 805 g/mol. The normalized spacial score (nSPS) is 11.6. The minimum Gasteiger partial charge on any atom is -0.456 e. The number of hydrogen-bond donors (Lipinski definition) is 0. The van der Waals surface area contributed by atoms with E-state index in [9.17, 15) is 0 Å². The van der Waals surface area contributed by atoms with Crippen LogP contribution in [0.2, 0.25) is 0 Å². The Bertz CT molecular complexity index is 3960. The van der Waals surface area contributed by atoms with Crippen molar-refractivity contribution in [3.8, 4) is 22.3 Å². The maximum atomic E-state index is 6.31. The number of para-hydroxylation sites is 2. The van der Waals surface area contributed by atoms with Gasteiger partial charge in [0.2, 0.25) is 0 Å². The van der Waals surface area contributed by atoms with Crippen LogP contribution in [-0.4, -0.2) is 0 Å². The molecule has 0 aliphatic carbocycles. The van der Waals surface area contributed by atoms with Crippen LogP contribution >= 0.6 is 0 Å². The van der Waals surface area contributed by atoms with E-state index in [1.165, 1.54) is 21.5 Å². The summed E-state index contributed by atoms with van der Waals surface area (Å²) < 4.78 is 12.6. The molecule has 0 saturated heterocycles. The third-order valence-electron chi connectivity index (χ3n) is 13.0. The lowest BCUT2D eigenvalue weighted by Gasteiger charge is -2.29. The Morgan fingerprint density at radius 2 is 0.682 bits per heavy atom. The molecule has 310 valence electrons. The first kappa shape index (κ1) is 37.7. The van der Waals surface area contributed by atoms with Gasteiger partial charge in [-0.1, -0.05) is 146 Å². The highest BCUT2D eigenvalue weighted by atomic mass is 16.3. The van der Waals surface area contributed by atoms with E-state index in [-0.39, 0.29) is 0 Å². The zero-order valence-corrected chi connectivity index (χ0v) is 35.8.